The molecule has 160 valence electrons. The van der Waals surface area contributed by atoms with Crippen molar-refractivity contribution in [1.82, 2.24) is 19.8 Å². The van der Waals surface area contributed by atoms with Gasteiger partial charge in [-0.2, -0.15) is 0 Å². The highest BCUT2D eigenvalue weighted by Crippen LogP contribution is 2.37. The summed E-state index contributed by atoms with van der Waals surface area (Å²) in [5.41, 5.74) is 0. The Balaban J connectivity index is 1.80. The molecule has 3 atom stereocenters. The molecule has 2 amide bonds. The maximum atomic E-state index is 13.2. The number of fused-ring (bicyclic) bond motifs is 1. The van der Waals surface area contributed by atoms with Gasteiger partial charge in [0.15, 0.2) is 5.82 Å². The van der Waals surface area contributed by atoms with Gasteiger partial charge in [-0.1, -0.05) is 13.8 Å². The molecule has 0 N–H and O–H groups in total. The predicted molar refractivity (Wildman–Crippen MR) is 106 cm³/mol. The average Bonchev–Trinajstić information content (AvgIpc) is 3.04. The second kappa shape index (κ2) is 9.02. The summed E-state index contributed by atoms with van der Waals surface area (Å²) in [5.74, 6) is -0.0193. The number of hydrogen-bond acceptors (Lipinski definition) is 6. The maximum Gasteiger partial charge on any atom is 0.242 e. The van der Waals surface area contributed by atoms with Gasteiger partial charge in [-0.05, 0) is 18.8 Å². The second-order valence-corrected chi connectivity index (χ2v) is 8.33. The summed E-state index contributed by atoms with van der Waals surface area (Å²) in [7, 11) is 3.39. The minimum atomic E-state index is -0.513. The lowest BCUT2D eigenvalue weighted by atomic mass is 9.91. The number of hydrogen-bond donors (Lipinski definition) is 0. The van der Waals surface area contributed by atoms with Crippen molar-refractivity contribution < 1.29 is 18.7 Å². The lowest BCUT2D eigenvalue weighted by Gasteiger charge is -2.40. The van der Waals surface area contributed by atoms with Gasteiger partial charge in [0, 0.05) is 33.3 Å². The van der Waals surface area contributed by atoms with Crippen molar-refractivity contribution in [2.24, 2.45) is 11.8 Å². The molecule has 0 spiro atoms. The Labute approximate surface area is 171 Å². The number of anilines is 1. The van der Waals surface area contributed by atoms with Gasteiger partial charge in [0.1, 0.15) is 6.54 Å². The minimum Gasteiger partial charge on any atom is -0.383 e. The van der Waals surface area contributed by atoms with Crippen molar-refractivity contribution in [3.8, 4) is 0 Å². The van der Waals surface area contributed by atoms with Crippen molar-refractivity contribution in [1.29, 1.82) is 0 Å². The SMILES string of the molecule is COCCN(C)C(=O)C1C[C@H]2CN(c3ncc(F)cn3)CC(=O)N2C1CC(C)C. The van der Waals surface area contributed by atoms with E-state index in [0.717, 1.165) is 18.8 Å². The van der Waals surface area contributed by atoms with E-state index in [-0.39, 0.29) is 36.4 Å². The lowest BCUT2D eigenvalue weighted by molar-refractivity contribution is -0.138. The molecule has 3 heterocycles. The van der Waals surface area contributed by atoms with Crippen LogP contribution in [0.25, 0.3) is 0 Å². The predicted octanol–water partition coefficient (Wildman–Crippen LogP) is 1.17. The first kappa shape index (κ1) is 21.4. The molecule has 9 heteroatoms. The summed E-state index contributed by atoms with van der Waals surface area (Å²) in [6, 6.07) is -0.195. The number of aromatic nitrogens is 2. The Hall–Kier alpha value is -2.29. The molecule has 2 unspecified atom stereocenters. The van der Waals surface area contributed by atoms with Gasteiger partial charge >= 0.3 is 0 Å². The molecule has 1 aromatic rings. The minimum absolute atomic E-state index is 0.0327. The van der Waals surface area contributed by atoms with Crippen LogP contribution in [-0.4, -0.2) is 84.1 Å². The molecule has 0 bridgehead atoms. The van der Waals surface area contributed by atoms with Crippen LogP contribution in [0.15, 0.2) is 12.4 Å². The van der Waals surface area contributed by atoms with E-state index in [1.165, 1.54) is 0 Å². The molecular weight excluding hydrogens is 377 g/mol. The van der Waals surface area contributed by atoms with E-state index in [0.29, 0.717) is 38.0 Å². The van der Waals surface area contributed by atoms with Gasteiger partial charge in [-0.3, -0.25) is 9.59 Å². The third-order valence-electron chi connectivity index (χ3n) is 5.71. The maximum absolute atomic E-state index is 13.2. The van der Waals surface area contributed by atoms with Gasteiger partial charge < -0.3 is 19.4 Å². The van der Waals surface area contributed by atoms with Crippen LogP contribution in [-0.2, 0) is 14.3 Å². The zero-order valence-corrected chi connectivity index (χ0v) is 17.5. The highest BCUT2D eigenvalue weighted by molar-refractivity contribution is 5.86. The average molecular weight is 407 g/mol. The lowest BCUT2D eigenvalue weighted by Crippen LogP contribution is -2.57. The van der Waals surface area contributed by atoms with E-state index in [2.05, 4.69) is 23.8 Å². The number of likely N-dealkylation sites (N-methyl/N-ethyl adjacent to an activating group) is 1. The van der Waals surface area contributed by atoms with Crippen LogP contribution in [0.4, 0.5) is 10.3 Å². The molecule has 0 aromatic carbocycles. The van der Waals surface area contributed by atoms with Crippen LogP contribution in [0.1, 0.15) is 26.7 Å². The highest BCUT2D eigenvalue weighted by Gasteiger charge is 2.50. The summed E-state index contributed by atoms with van der Waals surface area (Å²) in [5, 5.41) is 0. The van der Waals surface area contributed by atoms with E-state index in [1.54, 1.807) is 24.0 Å². The van der Waals surface area contributed by atoms with Crippen molar-refractivity contribution in [3.05, 3.63) is 18.2 Å². The van der Waals surface area contributed by atoms with Crippen LogP contribution in [0.3, 0.4) is 0 Å². The Morgan fingerprint density at radius 2 is 2.07 bits per heavy atom. The molecule has 0 saturated carbocycles. The summed E-state index contributed by atoms with van der Waals surface area (Å²) in [6.45, 7) is 5.89. The van der Waals surface area contributed by atoms with Gasteiger partial charge in [0.05, 0.1) is 31.0 Å². The topological polar surface area (TPSA) is 78.9 Å². The normalized spacial score (nSPS) is 24.2. The molecule has 1 aromatic heterocycles. The third kappa shape index (κ3) is 4.66. The fourth-order valence-electron chi connectivity index (χ4n) is 4.41. The van der Waals surface area contributed by atoms with Crippen LogP contribution in [0.5, 0.6) is 0 Å². The number of methoxy groups -OCH3 is 1. The summed E-state index contributed by atoms with van der Waals surface area (Å²) < 4.78 is 18.2. The quantitative estimate of drug-likeness (QED) is 0.675. The van der Waals surface area contributed by atoms with Gasteiger partial charge in [-0.25, -0.2) is 14.4 Å². The fraction of sp³-hybridized carbons (Fsp3) is 0.700. The molecule has 8 nitrogen and oxygen atoms in total. The van der Waals surface area contributed by atoms with E-state index < -0.39 is 5.82 Å². The van der Waals surface area contributed by atoms with Gasteiger partial charge in [-0.15, -0.1) is 0 Å². The van der Waals surface area contributed by atoms with Gasteiger partial charge in [0.2, 0.25) is 17.8 Å². The number of rotatable bonds is 7. The first-order chi connectivity index (χ1) is 13.8. The summed E-state index contributed by atoms with van der Waals surface area (Å²) >= 11 is 0. The number of ether oxygens (including phenoxy) is 1. The van der Waals surface area contributed by atoms with E-state index in [4.69, 9.17) is 4.74 Å². The smallest absolute Gasteiger partial charge is 0.242 e. The number of carbonyl (C=O) groups excluding carboxylic acids is 2. The molecule has 2 aliphatic heterocycles. The molecule has 2 saturated heterocycles. The van der Waals surface area contributed by atoms with E-state index in [9.17, 15) is 14.0 Å². The standard InChI is InChI=1S/C20H30FN5O3/c1-13(2)7-17-16(19(28)24(3)5-6-29-4)8-15-11-25(12-18(27)26(15)17)20-22-9-14(21)10-23-20/h9-10,13,15-17H,5-8,11-12H2,1-4H3/t15-,16?,17?/m0/s1. The van der Waals surface area contributed by atoms with Crippen LogP contribution in [0, 0.1) is 17.7 Å². The van der Waals surface area contributed by atoms with E-state index in [1.807, 2.05) is 4.90 Å². The number of halogens is 1. The molecule has 29 heavy (non-hydrogen) atoms. The first-order valence-corrected chi connectivity index (χ1v) is 10.1. The molecule has 2 fully saturated rings. The third-order valence-corrected chi connectivity index (χ3v) is 5.71. The number of amides is 2. The Bertz CT molecular complexity index is 729. The summed E-state index contributed by atoms with van der Waals surface area (Å²) in [6.07, 6.45) is 3.60. The monoisotopic (exact) mass is 407 g/mol. The zero-order chi connectivity index (χ0) is 21.1. The molecule has 0 aliphatic carbocycles. The fourth-order valence-corrected chi connectivity index (χ4v) is 4.41. The highest BCUT2D eigenvalue weighted by atomic mass is 19.1. The molecule has 2 aliphatic rings. The Morgan fingerprint density at radius 3 is 2.69 bits per heavy atom. The first-order valence-electron chi connectivity index (χ1n) is 10.1. The summed E-state index contributed by atoms with van der Waals surface area (Å²) in [4.78, 5) is 39.6. The van der Waals surface area contributed by atoms with Crippen LogP contribution >= 0.6 is 0 Å². The number of piperazine rings is 1. The zero-order valence-electron chi connectivity index (χ0n) is 17.5. The molecule has 0 radical (unpaired) electrons. The largest absolute Gasteiger partial charge is 0.383 e. The van der Waals surface area contributed by atoms with Crippen molar-refractivity contribution in [2.75, 3.05) is 45.3 Å². The molecule has 3 rings (SSSR count). The van der Waals surface area contributed by atoms with Crippen molar-refractivity contribution in [3.63, 3.8) is 0 Å². The second-order valence-electron chi connectivity index (χ2n) is 8.33. The molecular formula is C20H30FN5O3. The Morgan fingerprint density at radius 1 is 1.38 bits per heavy atom. The van der Waals surface area contributed by atoms with Crippen LogP contribution < -0.4 is 4.90 Å². The number of nitrogens with zero attached hydrogens (tertiary/aromatic N) is 5. The van der Waals surface area contributed by atoms with Gasteiger partial charge in [0.25, 0.3) is 0 Å². The number of carbonyl (C=O) groups is 2. The van der Waals surface area contributed by atoms with Crippen molar-refractivity contribution >= 4 is 17.8 Å². The van der Waals surface area contributed by atoms with E-state index >= 15 is 0 Å². The van der Waals surface area contributed by atoms with Crippen LogP contribution in [0.2, 0.25) is 0 Å². The Kier molecular flexibility index (Phi) is 6.66. The van der Waals surface area contributed by atoms with Crippen molar-refractivity contribution in [2.45, 2.75) is 38.8 Å².